The fourth-order valence-corrected chi connectivity index (χ4v) is 3.69. The number of likely N-dealkylation sites (tertiary alicyclic amines) is 1. The van der Waals surface area contributed by atoms with Crippen LogP contribution in [0.4, 0.5) is 0 Å². The van der Waals surface area contributed by atoms with Gasteiger partial charge in [0.25, 0.3) is 5.91 Å². The predicted molar refractivity (Wildman–Crippen MR) is 91.1 cm³/mol. The van der Waals surface area contributed by atoms with Gasteiger partial charge in [-0.25, -0.2) is 4.98 Å². The Morgan fingerprint density at radius 1 is 1.43 bits per heavy atom. The Morgan fingerprint density at radius 2 is 2.22 bits per heavy atom. The van der Waals surface area contributed by atoms with Gasteiger partial charge in [-0.05, 0) is 30.7 Å². The van der Waals surface area contributed by atoms with Crippen LogP contribution in [0.3, 0.4) is 0 Å². The minimum Gasteiger partial charge on any atom is -0.497 e. The van der Waals surface area contributed by atoms with E-state index in [0.717, 1.165) is 36.7 Å². The quantitative estimate of drug-likeness (QED) is 0.913. The fraction of sp³-hybridized carbons (Fsp3) is 0.412. The van der Waals surface area contributed by atoms with Crippen molar-refractivity contribution in [1.82, 2.24) is 9.88 Å². The summed E-state index contributed by atoms with van der Waals surface area (Å²) in [7, 11) is 1.66. The predicted octanol–water partition coefficient (Wildman–Crippen LogP) is 2.28. The topological polar surface area (TPSA) is 68.5 Å². The first-order valence-corrected chi connectivity index (χ1v) is 8.67. The van der Waals surface area contributed by atoms with E-state index >= 15 is 0 Å². The summed E-state index contributed by atoms with van der Waals surface area (Å²) in [5.41, 5.74) is 7.34. The van der Waals surface area contributed by atoms with Crippen molar-refractivity contribution in [2.45, 2.75) is 18.8 Å². The molecule has 0 aliphatic carbocycles. The highest BCUT2D eigenvalue weighted by Crippen LogP contribution is 2.29. The van der Waals surface area contributed by atoms with E-state index in [1.165, 1.54) is 16.9 Å². The third-order valence-corrected chi connectivity index (χ3v) is 5.10. The number of aromatic nitrogens is 1. The minimum absolute atomic E-state index is 0.0283. The lowest BCUT2D eigenvalue weighted by molar-refractivity contribution is 0.0785. The lowest BCUT2D eigenvalue weighted by atomic mass is 9.98. The molecule has 3 rings (SSSR count). The van der Waals surface area contributed by atoms with E-state index in [0.29, 0.717) is 18.2 Å². The first-order chi connectivity index (χ1) is 11.2. The monoisotopic (exact) mass is 331 g/mol. The van der Waals surface area contributed by atoms with Crippen LogP contribution < -0.4 is 10.5 Å². The molecule has 1 amide bonds. The van der Waals surface area contributed by atoms with Gasteiger partial charge in [0.1, 0.15) is 11.4 Å². The maximum absolute atomic E-state index is 12.6. The summed E-state index contributed by atoms with van der Waals surface area (Å²) in [4.78, 5) is 18.9. The van der Waals surface area contributed by atoms with E-state index in [4.69, 9.17) is 10.5 Å². The Balaban J connectivity index is 1.64. The van der Waals surface area contributed by atoms with Crippen LogP contribution in [0.25, 0.3) is 0 Å². The second-order valence-corrected chi connectivity index (χ2v) is 6.62. The van der Waals surface area contributed by atoms with Gasteiger partial charge in [0, 0.05) is 30.8 Å². The number of nitrogens with zero attached hydrogens (tertiary/aromatic N) is 2. The molecule has 0 radical (unpaired) electrons. The molecule has 6 heteroatoms. The molecule has 1 aromatic carbocycles. The van der Waals surface area contributed by atoms with E-state index < -0.39 is 0 Å². The van der Waals surface area contributed by atoms with Crippen molar-refractivity contribution in [1.29, 1.82) is 0 Å². The van der Waals surface area contributed by atoms with Gasteiger partial charge in [-0.2, -0.15) is 0 Å². The van der Waals surface area contributed by atoms with Gasteiger partial charge in [-0.15, -0.1) is 11.3 Å². The molecule has 23 heavy (non-hydrogen) atoms. The van der Waals surface area contributed by atoms with Crippen LogP contribution in [0, 0.1) is 0 Å². The van der Waals surface area contributed by atoms with Crippen molar-refractivity contribution < 1.29 is 9.53 Å². The van der Waals surface area contributed by atoms with E-state index in [2.05, 4.69) is 17.1 Å². The Hall–Kier alpha value is -1.92. The van der Waals surface area contributed by atoms with Crippen LogP contribution in [-0.4, -0.2) is 42.5 Å². The van der Waals surface area contributed by atoms with Crippen molar-refractivity contribution in [3.63, 3.8) is 0 Å². The molecule has 1 aliphatic rings. The van der Waals surface area contributed by atoms with Gasteiger partial charge in [0.15, 0.2) is 0 Å². The van der Waals surface area contributed by atoms with Gasteiger partial charge in [-0.3, -0.25) is 4.79 Å². The summed E-state index contributed by atoms with van der Waals surface area (Å²) in [5, 5.41) is 2.77. The van der Waals surface area contributed by atoms with E-state index in [1.807, 2.05) is 22.4 Å². The second-order valence-electron chi connectivity index (χ2n) is 5.68. The van der Waals surface area contributed by atoms with Crippen LogP contribution in [0.5, 0.6) is 5.75 Å². The molecule has 1 fully saturated rings. The lowest BCUT2D eigenvalue weighted by Gasteiger charge is -2.15. The summed E-state index contributed by atoms with van der Waals surface area (Å²) in [6, 6.07) is 8.11. The Bertz CT molecular complexity index is 669. The smallest absolute Gasteiger partial charge is 0.273 e. The van der Waals surface area contributed by atoms with Gasteiger partial charge >= 0.3 is 0 Å². The standard InChI is InChI=1S/C17H21N3O2S/c1-22-14-4-2-12(3-5-14)13-7-9-20(10-13)17(21)15-11-23-16(19-15)6-8-18/h2-5,11,13H,6-10,18H2,1H3. The number of hydrogen-bond acceptors (Lipinski definition) is 5. The summed E-state index contributed by atoms with van der Waals surface area (Å²) < 4.78 is 5.19. The molecule has 0 saturated carbocycles. The highest BCUT2D eigenvalue weighted by atomic mass is 32.1. The first-order valence-electron chi connectivity index (χ1n) is 7.79. The van der Waals surface area contributed by atoms with Crippen LogP contribution >= 0.6 is 11.3 Å². The average molecular weight is 331 g/mol. The van der Waals surface area contributed by atoms with E-state index in [9.17, 15) is 4.79 Å². The summed E-state index contributed by atoms with van der Waals surface area (Å²) in [5.74, 6) is 1.27. The zero-order chi connectivity index (χ0) is 16.2. The van der Waals surface area contributed by atoms with Crippen molar-refractivity contribution in [2.75, 3.05) is 26.7 Å². The molecule has 2 aromatic rings. The van der Waals surface area contributed by atoms with Gasteiger partial charge in [-0.1, -0.05) is 12.1 Å². The largest absolute Gasteiger partial charge is 0.497 e. The fourth-order valence-electron chi connectivity index (χ4n) is 2.90. The number of hydrogen-bond donors (Lipinski definition) is 1. The molecule has 0 spiro atoms. The molecule has 1 unspecified atom stereocenters. The number of thiazole rings is 1. The molecule has 5 nitrogen and oxygen atoms in total. The molecule has 1 atom stereocenters. The number of carbonyl (C=O) groups excluding carboxylic acids is 1. The second kappa shape index (κ2) is 7.10. The lowest BCUT2D eigenvalue weighted by Crippen LogP contribution is -2.28. The molecule has 1 aliphatic heterocycles. The molecule has 1 aromatic heterocycles. The normalized spacial score (nSPS) is 17.5. The number of rotatable bonds is 5. The molecule has 2 heterocycles. The van der Waals surface area contributed by atoms with Gasteiger partial charge < -0.3 is 15.4 Å². The number of ether oxygens (including phenoxy) is 1. The van der Waals surface area contributed by atoms with Crippen molar-refractivity contribution >= 4 is 17.2 Å². The Labute approximate surface area is 140 Å². The number of methoxy groups -OCH3 is 1. The SMILES string of the molecule is COc1ccc(C2CCN(C(=O)c3csc(CCN)n3)C2)cc1. The Morgan fingerprint density at radius 3 is 2.91 bits per heavy atom. The zero-order valence-corrected chi connectivity index (χ0v) is 14.0. The van der Waals surface area contributed by atoms with Crippen molar-refractivity contribution in [3.05, 3.63) is 45.9 Å². The van der Waals surface area contributed by atoms with Crippen LogP contribution in [0.15, 0.2) is 29.6 Å². The minimum atomic E-state index is 0.0283. The average Bonchev–Trinajstić information content (AvgIpc) is 3.24. The summed E-state index contributed by atoms with van der Waals surface area (Å²) in [6.07, 6.45) is 1.71. The molecular weight excluding hydrogens is 310 g/mol. The maximum atomic E-state index is 12.6. The molecule has 122 valence electrons. The number of carbonyl (C=O) groups is 1. The van der Waals surface area contributed by atoms with Gasteiger partial charge in [0.05, 0.1) is 12.1 Å². The molecular formula is C17H21N3O2S. The molecule has 1 saturated heterocycles. The third kappa shape index (κ3) is 3.54. The molecule has 2 N–H and O–H groups in total. The number of nitrogens with two attached hydrogens (primary N) is 1. The van der Waals surface area contributed by atoms with E-state index in [-0.39, 0.29) is 5.91 Å². The highest BCUT2D eigenvalue weighted by Gasteiger charge is 2.29. The highest BCUT2D eigenvalue weighted by molar-refractivity contribution is 7.09. The van der Waals surface area contributed by atoms with Crippen molar-refractivity contribution in [3.8, 4) is 5.75 Å². The zero-order valence-electron chi connectivity index (χ0n) is 13.2. The maximum Gasteiger partial charge on any atom is 0.273 e. The number of amides is 1. The van der Waals surface area contributed by atoms with Crippen LogP contribution in [-0.2, 0) is 6.42 Å². The summed E-state index contributed by atoms with van der Waals surface area (Å²) >= 11 is 1.51. The number of benzene rings is 1. The van der Waals surface area contributed by atoms with Crippen LogP contribution in [0.1, 0.15) is 33.4 Å². The molecule has 0 bridgehead atoms. The van der Waals surface area contributed by atoms with Crippen LogP contribution in [0.2, 0.25) is 0 Å². The van der Waals surface area contributed by atoms with Gasteiger partial charge in [0.2, 0.25) is 0 Å². The summed E-state index contributed by atoms with van der Waals surface area (Å²) in [6.45, 7) is 2.08. The third-order valence-electron chi connectivity index (χ3n) is 4.19. The van der Waals surface area contributed by atoms with E-state index in [1.54, 1.807) is 7.11 Å². The Kier molecular flexibility index (Phi) is 4.93. The first kappa shape index (κ1) is 16.0. The van der Waals surface area contributed by atoms with Crippen molar-refractivity contribution in [2.24, 2.45) is 5.73 Å².